The van der Waals surface area contributed by atoms with Crippen LogP contribution in [0.3, 0.4) is 0 Å². The normalized spacial score (nSPS) is 14.5. The Hall–Kier alpha value is -1.87. The van der Waals surface area contributed by atoms with Crippen molar-refractivity contribution in [1.82, 2.24) is 24.7 Å². The average molecular weight is 293 g/mol. The molecule has 3 rings (SSSR count). The van der Waals surface area contributed by atoms with E-state index < -0.39 is 0 Å². The first-order chi connectivity index (χ1) is 9.67. The van der Waals surface area contributed by atoms with Gasteiger partial charge in [0, 0.05) is 17.8 Å². The molecule has 1 fully saturated rings. The third-order valence-electron chi connectivity index (χ3n) is 2.96. The number of anilines is 1. The zero-order valence-electron chi connectivity index (χ0n) is 11.0. The van der Waals surface area contributed by atoms with Gasteiger partial charge in [-0.05, 0) is 19.8 Å². The zero-order valence-corrected chi connectivity index (χ0v) is 11.8. The second-order valence-electron chi connectivity index (χ2n) is 4.66. The number of hydrogen-bond acceptors (Lipinski definition) is 7. The van der Waals surface area contributed by atoms with Gasteiger partial charge in [-0.2, -0.15) is 0 Å². The fourth-order valence-corrected chi connectivity index (χ4v) is 2.81. The van der Waals surface area contributed by atoms with Crippen LogP contribution in [0.1, 0.15) is 30.4 Å². The maximum Gasteiger partial charge on any atom is 0.344 e. The fourth-order valence-electron chi connectivity index (χ4n) is 1.94. The quantitative estimate of drug-likeness (QED) is 0.419. The molecule has 2 aromatic heterocycles. The average Bonchev–Trinajstić information content (AvgIpc) is 3.19. The SMILES string of the molecule is Cc1cc(NN)nc(CSc2n[nH]c(=O)n2C2CC2)n1. The van der Waals surface area contributed by atoms with Crippen LogP contribution >= 0.6 is 11.8 Å². The molecule has 1 aliphatic rings. The predicted octanol–water partition coefficient (Wildman–Crippen LogP) is 0.583. The van der Waals surface area contributed by atoms with E-state index in [1.165, 1.54) is 11.8 Å². The maximum absolute atomic E-state index is 11.7. The molecule has 0 spiro atoms. The molecule has 0 amide bonds. The predicted molar refractivity (Wildman–Crippen MR) is 75.3 cm³/mol. The standard InChI is InChI=1S/C11H15N7OS/c1-6-4-8(15-12)14-9(13-6)5-20-11-17-16-10(19)18(11)7-2-3-7/h4,7H,2-3,5,12H2,1H3,(H,16,19)(H,13,14,15). The number of aromatic nitrogens is 5. The van der Waals surface area contributed by atoms with Gasteiger partial charge < -0.3 is 5.43 Å². The number of nitrogens with two attached hydrogens (primary N) is 1. The first-order valence-electron chi connectivity index (χ1n) is 6.28. The third kappa shape index (κ3) is 2.68. The van der Waals surface area contributed by atoms with Gasteiger partial charge in [0.05, 0.1) is 5.75 Å². The minimum Gasteiger partial charge on any atom is -0.308 e. The van der Waals surface area contributed by atoms with Crippen molar-refractivity contribution in [3.05, 3.63) is 28.1 Å². The summed E-state index contributed by atoms with van der Waals surface area (Å²) in [4.78, 5) is 20.3. The number of nitrogens with one attached hydrogen (secondary N) is 2. The van der Waals surface area contributed by atoms with Gasteiger partial charge in [0.1, 0.15) is 11.6 Å². The lowest BCUT2D eigenvalue weighted by molar-refractivity contribution is 0.642. The van der Waals surface area contributed by atoms with Crippen molar-refractivity contribution in [2.24, 2.45) is 5.84 Å². The summed E-state index contributed by atoms with van der Waals surface area (Å²) in [5.41, 5.74) is 3.20. The molecular weight excluding hydrogens is 278 g/mol. The van der Waals surface area contributed by atoms with Crippen molar-refractivity contribution in [2.75, 3.05) is 5.43 Å². The summed E-state index contributed by atoms with van der Waals surface area (Å²) in [7, 11) is 0. The van der Waals surface area contributed by atoms with Crippen LogP contribution in [0.25, 0.3) is 0 Å². The summed E-state index contributed by atoms with van der Waals surface area (Å²) >= 11 is 1.44. The summed E-state index contributed by atoms with van der Waals surface area (Å²) < 4.78 is 1.71. The molecule has 0 bridgehead atoms. The van der Waals surface area contributed by atoms with Gasteiger partial charge in [0.2, 0.25) is 0 Å². The Bertz CT molecular complexity index is 676. The second kappa shape index (κ2) is 5.25. The highest BCUT2D eigenvalue weighted by molar-refractivity contribution is 7.98. The van der Waals surface area contributed by atoms with E-state index in [1.807, 2.05) is 6.92 Å². The molecule has 0 aliphatic heterocycles. The number of rotatable bonds is 5. The van der Waals surface area contributed by atoms with E-state index in [0.717, 1.165) is 18.5 Å². The number of nitrogen functional groups attached to an aromatic ring is 1. The van der Waals surface area contributed by atoms with Crippen molar-refractivity contribution in [3.8, 4) is 0 Å². The molecule has 0 saturated heterocycles. The molecule has 0 radical (unpaired) electrons. The van der Waals surface area contributed by atoms with Gasteiger partial charge in [0.15, 0.2) is 5.16 Å². The van der Waals surface area contributed by atoms with Crippen LogP contribution in [0, 0.1) is 6.92 Å². The second-order valence-corrected chi connectivity index (χ2v) is 5.60. The number of H-pyrrole nitrogens is 1. The highest BCUT2D eigenvalue weighted by Gasteiger charge is 2.28. The molecule has 2 heterocycles. The van der Waals surface area contributed by atoms with Gasteiger partial charge in [-0.1, -0.05) is 11.8 Å². The molecule has 0 aromatic carbocycles. The van der Waals surface area contributed by atoms with Crippen molar-refractivity contribution < 1.29 is 0 Å². The zero-order chi connectivity index (χ0) is 14.1. The number of hydrazine groups is 1. The van der Waals surface area contributed by atoms with Crippen LogP contribution < -0.4 is 17.0 Å². The van der Waals surface area contributed by atoms with E-state index in [4.69, 9.17) is 5.84 Å². The number of hydrogen-bond donors (Lipinski definition) is 3. The minimum absolute atomic E-state index is 0.149. The molecule has 106 valence electrons. The molecule has 1 saturated carbocycles. The minimum atomic E-state index is -0.149. The Morgan fingerprint density at radius 1 is 1.55 bits per heavy atom. The lowest BCUT2D eigenvalue weighted by atomic mass is 10.4. The molecule has 0 unspecified atom stereocenters. The Morgan fingerprint density at radius 3 is 3.05 bits per heavy atom. The monoisotopic (exact) mass is 293 g/mol. The molecule has 0 atom stereocenters. The number of aryl methyl sites for hydroxylation is 1. The van der Waals surface area contributed by atoms with Gasteiger partial charge in [-0.3, -0.25) is 4.57 Å². The summed E-state index contributed by atoms with van der Waals surface area (Å²) in [6.45, 7) is 1.88. The van der Waals surface area contributed by atoms with E-state index in [2.05, 4.69) is 25.6 Å². The Kier molecular flexibility index (Phi) is 3.45. The first kappa shape index (κ1) is 13.1. The molecule has 20 heavy (non-hydrogen) atoms. The topological polar surface area (TPSA) is 115 Å². The maximum atomic E-state index is 11.7. The van der Waals surface area contributed by atoms with Crippen LogP contribution in [-0.4, -0.2) is 24.7 Å². The van der Waals surface area contributed by atoms with Crippen molar-refractivity contribution >= 4 is 17.6 Å². The Balaban J connectivity index is 1.76. The molecule has 9 heteroatoms. The molecule has 1 aliphatic carbocycles. The van der Waals surface area contributed by atoms with Crippen LogP contribution in [0.2, 0.25) is 0 Å². The van der Waals surface area contributed by atoms with Crippen molar-refractivity contribution in [1.29, 1.82) is 0 Å². The first-order valence-corrected chi connectivity index (χ1v) is 7.27. The molecule has 8 nitrogen and oxygen atoms in total. The van der Waals surface area contributed by atoms with Gasteiger partial charge in [-0.15, -0.1) is 5.10 Å². The van der Waals surface area contributed by atoms with Crippen molar-refractivity contribution in [2.45, 2.75) is 36.7 Å². The summed E-state index contributed by atoms with van der Waals surface area (Å²) in [6.07, 6.45) is 2.07. The lowest BCUT2D eigenvalue weighted by Gasteiger charge is -2.05. The fraction of sp³-hybridized carbons (Fsp3) is 0.455. The Labute approximate surface area is 119 Å². The summed E-state index contributed by atoms with van der Waals surface area (Å²) in [5.74, 6) is 7.13. The Morgan fingerprint density at radius 2 is 2.35 bits per heavy atom. The van der Waals surface area contributed by atoms with Crippen LogP contribution in [0.4, 0.5) is 5.82 Å². The van der Waals surface area contributed by atoms with Crippen molar-refractivity contribution in [3.63, 3.8) is 0 Å². The van der Waals surface area contributed by atoms with E-state index >= 15 is 0 Å². The summed E-state index contributed by atoms with van der Waals surface area (Å²) in [6, 6.07) is 2.06. The lowest BCUT2D eigenvalue weighted by Crippen LogP contribution is -2.16. The third-order valence-corrected chi connectivity index (χ3v) is 3.91. The highest BCUT2D eigenvalue weighted by Crippen LogP contribution is 2.36. The van der Waals surface area contributed by atoms with E-state index in [0.29, 0.717) is 28.6 Å². The number of nitrogens with zero attached hydrogens (tertiary/aromatic N) is 4. The largest absolute Gasteiger partial charge is 0.344 e. The van der Waals surface area contributed by atoms with Crippen LogP contribution in [0.5, 0.6) is 0 Å². The van der Waals surface area contributed by atoms with Gasteiger partial charge in [0.25, 0.3) is 0 Å². The van der Waals surface area contributed by atoms with Gasteiger partial charge >= 0.3 is 5.69 Å². The highest BCUT2D eigenvalue weighted by atomic mass is 32.2. The summed E-state index contributed by atoms with van der Waals surface area (Å²) in [5, 5.41) is 7.23. The molecule has 2 aromatic rings. The van der Waals surface area contributed by atoms with Crippen LogP contribution in [0.15, 0.2) is 16.0 Å². The van der Waals surface area contributed by atoms with Gasteiger partial charge in [-0.25, -0.2) is 25.7 Å². The molecular formula is C11H15N7OS. The molecule has 4 N–H and O–H groups in total. The smallest absolute Gasteiger partial charge is 0.308 e. The number of thioether (sulfide) groups is 1. The number of aromatic amines is 1. The van der Waals surface area contributed by atoms with E-state index in [9.17, 15) is 4.79 Å². The van der Waals surface area contributed by atoms with E-state index in [-0.39, 0.29) is 5.69 Å². The van der Waals surface area contributed by atoms with E-state index in [1.54, 1.807) is 10.6 Å². The van der Waals surface area contributed by atoms with Crippen LogP contribution in [-0.2, 0) is 5.75 Å².